The molecular weight excluding hydrogens is 153 g/mol. The van der Waals surface area contributed by atoms with E-state index in [1.807, 2.05) is 12.1 Å². The van der Waals surface area contributed by atoms with Gasteiger partial charge in [0.1, 0.15) is 5.82 Å². The molecule has 0 heterocycles. The molecule has 0 aromatic heterocycles. The van der Waals surface area contributed by atoms with E-state index < -0.39 is 0 Å². The minimum atomic E-state index is -0.111. The third kappa shape index (κ3) is 1.03. The fraction of sp³-hybridized carbons (Fsp3) is 0.400. The lowest BCUT2D eigenvalue weighted by atomic mass is 9.96. The Morgan fingerprint density at radius 2 is 2.00 bits per heavy atom. The monoisotopic (exact) mass is 165 g/mol. The van der Waals surface area contributed by atoms with Gasteiger partial charge in [0.25, 0.3) is 0 Å². The SMILES string of the molecule is NCC1(c2ccccc2F)CC1. The zero-order valence-corrected chi connectivity index (χ0v) is 6.89. The van der Waals surface area contributed by atoms with Gasteiger partial charge in [0.15, 0.2) is 0 Å². The molecule has 0 aliphatic heterocycles. The Labute approximate surface area is 71.4 Å². The smallest absolute Gasteiger partial charge is 0.127 e. The van der Waals surface area contributed by atoms with E-state index in [1.54, 1.807) is 6.07 Å². The summed E-state index contributed by atoms with van der Waals surface area (Å²) in [5.41, 5.74) is 6.38. The van der Waals surface area contributed by atoms with E-state index in [2.05, 4.69) is 0 Å². The molecule has 2 heteroatoms. The van der Waals surface area contributed by atoms with E-state index >= 15 is 0 Å². The van der Waals surface area contributed by atoms with Gasteiger partial charge in [0.05, 0.1) is 0 Å². The zero-order chi connectivity index (χ0) is 8.60. The Bertz CT molecular complexity index is 292. The van der Waals surface area contributed by atoms with Crippen molar-refractivity contribution in [2.75, 3.05) is 6.54 Å². The summed E-state index contributed by atoms with van der Waals surface area (Å²) in [6, 6.07) is 6.93. The van der Waals surface area contributed by atoms with Crippen LogP contribution in [0.3, 0.4) is 0 Å². The molecule has 1 aliphatic rings. The first-order valence-corrected chi connectivity index (χ1v) is 4.24. The third-order valence-electron chi connectivity index (χ3n) is 2.69. The van der Waals surface area contributed by atoms with Crippen molar-refractivity contribution in [1.29, 1.82) is 0 Å². The van der Waals surface area contributed by atoms with E-state index in [-0.39, 0.29) is 11.2 Å². The molecule has 0 spiro atoms. The zero-order valence-electron chi connectivity index (χ0n) is 6.89. The average molecular weight is 165 g/mol. The summed E-state index contributed by atoms with van der Waals surface area (Å²) in [4.78, 5) is 0. The van der Waals surface area contributed by atoms with Crippen LogP contribution in [-0.2, 0) is 5.41 Å². The standard InChI is InChI=1S/C10H12FN/c11-9-4-2-1-3-8(9)10(7-12)5-6-10/h1-4H,5-7,12H2. The first-order valence-electron chi connectivity index (χ1n) is 4.24. The second-order valence-corrected chi connectivity index (χ2v) is 3.46. The highest BCUT2D eigenvalue weighted by Crippen LogP contribution is 2.47. The molecular formula is C10H12FN. The van der Waals surface area contributed by atoms with Crippen LogP contribution in [0, 0.1) is 5.82 Å². The highest BCUT2D eigenvalue weighted by atomic mass is 19.1. The average Bonchev–Trinajstić information content (AvgIpc) is 2.86. The molecule has 0 atom stereocenters. The normalized spacial score (nSPS) is 19.2. The van der Waals surface area contributed by atoms with Crippen LogP contribution in [0.2, 0.25) is 0 Å². The van der Waals surface area contributed by atoms with Crippen molar-refractivity contribution in [3.63, 3.8) is 0 Å². The first kappa shape index (κ1) is 7.74. The molecule has 64 valence electrons. The summed E-state index contributed by atoms with van der Waals surface area (Å²) in [6.45, 7) is 0.563. The molecule has 1 fully saturated rings. The summed E-state index contributed by atoms with van der Waals surface area (Å²) in [5, 5.41) is 0. The Kier molecular flexibility index (Phi) is 1.65. The number of rotatable bonds is 2. The molecule has 1 aromatic carbocycles. The largest absolute Gasteiger partial charge is 0.330 e. The molecule has 1 nitrogen and oxygen atoms in total. The molecule has 12 heavy (non-hydrogen) atoms. The van der Waals surface area contributed by atoms with Gasteiger partial charge in [-0.05, 0) is 24.5 Å². The van der Waals surface area contributed by atoms with E-state index in [0.717, 1.165) is 18.4 Å². The lowest BCUT2D eigenvalue weighted by Gasteiger charge is -2.12. The molecule has 1 saturated carbocycles. The molecule has 0 radical (unpaired) electrons. The summed E-state index contributed by atoms with van der Waals surface area (Å²) in [6.07, 6.45) is 2.06. The van der Waals surface area contributed by atoms with E-state index in [0.29, 0.717) is 6.54 Å². The van der Waals surface area contributed by atoms with Gasteiger partial charge in [-0.25, -0.2) is 4.39 Å². The van der Waals surface area contributed by atoms with Crippen LogP contribution in [-0.4, -0.2) is 6.54 Å². The summed E-state index contributed by atoms with van der Waals surface area (Å²) >= 11 is 0. The van der Waals surface area contributed by atoms with Crippen molar-refractivity contribution in [2.45, 2.75) is 18.3 Å². The quantitative estimate of drug-likeness (QED) is 0.710. The maximum absolute atomic E-state index is 13.3. The predicted octanol–water partition coefficient (Wildman–Crippen LogP) is 1.82. The number of benzene rings is 1. The van der Waals surface area contributed by atoms with Gasteiger partial charge in [-0.15, -0.1) is 0 Å². The lowest BCUT2D eigenvalue weighted by Crippen LogP contribution is -2.20. The maximum Gasteiger partial charge on any atom is 0.127 e. The second-order valence-electron chi connectivity index (χ2n) is 3.46. The van der Waals surface area contributed by atoms with Crippen LogP contribution in [0.25, 0.3) is 0 Å². The summed E-state index contributed by atoms with van der Waals surface area (Å²) in [7, 11) is 0. The fourth-order valence-corrected chi connectivity index (χ4v) is 1.63. The van der Waals surface area contributed by atoms with Crippen LogP contribution in [0.5, 0.6) is 0 Å². The van der Waals surface area contributed by atoms with Crippen molar-refractivity contribution >= 4 is 0 Å². The Balaban J connectivity index is 2.40. The first-order chi connectivity index (χ1) is 5.78. The second kappa shape index (κ2) is 2.56. The lowest BCUT2D eigenvalue weighted by molar-refractivity contribution is 0.573. The molecule has 2 rings (SSSR count). The minimum Gasteiger partial charge on any atom is -0.330 e. The highest BCUT2D eigenvalue weighted by Gasteiger charge is 2.44. The van der Waals surface area contributed by atoms with Crippen molar-refractivity contribution in [2.24, 2.45) is 5.73 Å². The number of halogens is 1. The maximum atomic E-state index is 13.3. The van der Waals surface area contributed by atoms with Crippen LogP contribution in [0.15, 0.2) is 24.3 Å². The van der Waals surface area contributed by atoms with E-state index in [4.69, 9.17) is 5.73 Å². The van der Waals surface area contributed by atoms with Crippen LogP contribution in [0.1, 0.15) is 18.4 Å². The van der Waals surface area contributed by atoms with E-state index in [1.165, 1.54) is 6.07 Å². The van der Waals surface area contributed by atoms with Crippen LogP contribution < -0.4 is 5.73 Å². The molecule has 0 saturated heterocycles. The van der Waals surface area contributed by atoms with Crippen molar-refractivity contribution in [3.8, 4) is 0 Å². The Morgan fingerprint density at radius 3 is 2.50 bits per heavy atom. The molecule has 2 N–H and O–H groups in total. The summed E-state index contributed by atoms with van der Waals surface area (Å²) in [5.74, 6) is -0.111. The van der Waals surface area contributed by atoms with Crippen LogP contribution in [0.4, 0.5) is 4.39 Å². The molecule has 0 unspecified atom stereocenters. The van der Waals surface area contributed by atoms with Gasteiger partial charge < -0.3 is 5.73 Å². The number of hydrogen-bond donors (Lipinski definition) is 1. The van der Waals surface area contributed by atoms with Gasteiger partial charge in [0.2, 0.25) is 0 Å². The van der Waals surface area contributed by atoms with E-state index in [9.17, 15) is 4.39 Å². The minimum absolute atomic E-state index is 0.0225. The van der Waals surface area contributed by atoms with Gasteiger partial charge >= 0.3 is 0 Å². The van der Waals surface area contributed by atoms with Gasteiger partial charge in [0, 0.05) is 12.0 Å². The van der Waals surface area contributed by atoms with Crippen molar-refractivity contribution in [1.82, 2.24) is 0 Å². The van der Waals surface area contributed by atoms with Gasteiger partial charge in [-0.2, -0.15) is 0 Å². The van der Waals surface area contributed by atoms with Crippen molar-refractivity contribution < 1.29 is 4.39 Å². The summed E-state index contributed by atoms with van der Waals surface area (Å²) < 4.78 is 13.3. The van der Waals surface area contributed by atoms with Crippen molar-refractivity contribution in [3.05, 3.63) is 35.6 Å². The molecule has 0 amide bonds. The van der Waals surface area contributed by atoms with Gasteiger partial charge in [-0.3, -0.25) is 0 Å². The Morgan fingerprint density at radius 1 is 1.33 bits per heavy atom. The number of nitrogens with two attached hydrogens (primary N) is 1. The fourth-order valence-electron chi connectivity index (χ4n) is 1.63. The molecule has 1 aromatic rings. The number of hydrogen-bond acceptors (Lipinski definition) is 1. The van der Waals surface area contributed by atoms with Crippen LogP contribution >= 0.6 is 0 Å². The van der Waals surface area contributed by atoms with Gasteiger partial charge in [-0.1, -0.05) is 18.2 Å². The third-order valence-corrected chi connectivity index (χ3v) is 2.69. The molecule has 1 aliphatic carbocycles. The predicted molar refractivity (Wildman–Crippen MR) is 46.4 cm³/mol. The highest BCUT2D eigenvalue weighted by molar-refractivity contribution is 5.32. The topological polar surface area (TPSA) is 26.0 Å². The Hall–Kier alpha value is -0.890. The molecule has 0 bridgehead atoms.